The van der Waals surface area contributed by atoms with Gasteiger partial charge in [0.05, 0.1) is 18.1 Å². The molecule has 6 heteroatoms. The third-order valence-corrected chi connectivity index (χ3v) is 6.33. The van der Waals surface area contributed by atoms with Crippen molar-refractivity contribution >= 4 is 15.8 Å². The average Bonchev–Trinajstić information content (AvgIpc) is 3.18. The number of rotatable bonds is 6. The molecule has 1 aliphatic carbocycles. The van der Waals surface area contributed by atoms with Gasteiger partial charge in [-0.3, -0.25) is 4.18 Å². The van der Waals surface area contributed by atoms with Crippen molar-refractivity contribution in [3.63, 3.8) is 0 Å². The summed E-state index contributed by atoms with van der Waals surface area (Å²) in [6.07, 6.45) is 5.49. The van der Waals surface area contributed by atoms with E-state index in [4.69, 9.17) is 8.92 Å². The fourth-order valence-electron chi connectivity index (χ4n) is 3.59. The molecule has 2 aromatic carbocycles. The van der Waals surface area contributed by atoms with E-state index in [0.29, 0.717) is 13.0 Å². The Morgan fingerprint density at radius 2 is 1.86 bits per heavy atom. The number of ether oxygens (including phenoxy) is 1. The first-order valence-electron chi connectivity index (χ1n) is 9.31. The lowest BCUT2D eigenvalue weighted by molar-refractivity contribution is 0.161. The van der Waals surface area contributed by atoms with Crippen LogP contribution in [0, 0.1) is 6.92 Å². The fourth-order valence-corrected chi connectivity index (χ4v) is 4.55. The van der Waals surface area contributed by atoms with Gasteiger partial charge >= 0.3 is 0 Å². The summed E-state index contributed by atoms with van der Waals surface area (Å²) >= 11 is 0. The topological polar surface area (TPSA) is 64.6 Å². The second-order valence-electron chi connectivity index (χ2n) is 7.16. The molecule has 1 unspecified atom stereocenters. The molecule has 1 N–H and O–H groups in total. The van der Waals surface area contributed by atoms with Crippen LogP contribution < -0.4 is 5.32 Å². The van der Waals surface area contributed by atoms with Crippen molar-refractivity contribution in [2.45, 2.75) is 30.2 Å². The van der Waals surface area contributed by atoms with Crippen LogP contribution in [0.3, 0.4) is 0 Å². The number of hydrogen-bond acceptors (Lipinski definition) is 5. The van der Waals surface area contributed by atoms with Gasteiger partial charge in [0.1, 0.15) is 11.3 Å². The van der Waals surface area contributed by atoms with E-state index in [2.05, 4.69) is 11.4 Å². The molecule has 28 heavy (non-hydrogen) atoms. The summed E-state index contributed by atoms with van der Waals surface area (Å²) in [5, 5.41) is 3.48. The van der Waals surface area contributed by atoms with Gasteiger partial charge in [-0.25, -0.2) is 0 Å². The van der Waals surface area contributed by atoms with E-state index < -0.39 is 15.7 Å². The van der Waals surface area contributed by atoms with Crippen molar-refractivity contribution in [2.24, 2.45) is 0 Å². The highest BCUT2D eigenvalue weighted by molar-refractivity contribution is 7.86. The predicted molar refractivity (Wildman–Crippen MR) is 108 cm³/mol. The second-order valence-corrected chi connectivity index (χ2v) is 8.78. The standard InChI is InChI=1S/C22H23NO4S/c1-17-9-11-20(12-10-17)28(24,25)27-16-22(23-19-7-3-2-4-8-19)14-5-6-18-13-15-26-21(18)22/h2-12,23H,13-16H2,1H3. The Labute approximate surface area is 165 Å². The summed E-state index contributed by atoms with van der Waals surface area (Å²) in [4.78, 5) is 0.154. The molecule has 0 fully saturated rings. The maximum atomic E-state index is 12.7. The van der Waals surface area contributed by atoms with E-state index in [1.807, 2.05) is 43.3 Å². The predicted octanol–water partition coefficient (Wildman–Crippen LogP) is 4.19. The van der Waals surface area contributed by atoms with E-state index in [-0.39, 0.29) is 11.5 Å². The van der Waals surface area contributed by atoms with Crippen LogP contribution in [0.4, 0.5) is 5.69 Å². The third-order valence-electron chi connectivity index (χ3n) is 5.06. The number of para-hydroxylation sites is 1. The van der Waals surface area contributed by atoms with Gasteiger partial charge in [0.25, 0.3) is 10.1 Å². The first kappa shape index (κ1) is 18.8. The molecular weight excluding hydrogens is 374 g/mol. The van der Waals surface area contributed by atoms with Gasteiger partial charge in [-0.1, -0.05) is 48.0 Å². The summed E-state index contributed by atoms with van der Waals surface area (Å²) in [6.45, 7) is 2.45. The third kappa shape index (κ3) is 3.70. The number of benzene rings is 2. The Morgan fingerprint density at radius 3 is 2.61 bits per heavy atom. The summed E-state index contributed by atoms with van der Waals surface area (Å²) in [5.41, 5.74) is 2.20. The number of allylic oxidation sites excluding steroid dienone is 1. The zero-order chi connectivity index (χ0) is 19.6. The quantitative estimate of drug-likeness (QED) is 0.741. The number of nitrogens with one attached hydrogen (secondary N) is 1. The summed E-state index contributed by atoms with van der Waals surface area (Å²) < 4.78 is 37.0. The fraction of sp³-hybridized carbons (Fsp3) is 0.273. The van der Waals surface area contributed by atoms with Crippen LogP contribution in [0.2, 0.25) is 0 Å². The van der Waals surface area contributed by atoms with Gasteiger partial charge in [-0.2, -0.15) is 8.42 Å². The molecule has 1 aliphatic heterocycles. The maximum absolute atomic E-state index is 12.7. The van der Waals surface area contributed by atoms with Gasteiger partial charge in [-0.15, -0.1) is 0 Å². The SMILES string of the molecule is Cc1ccc(S(=O)(=O)OCC2(Nc3ccccc3)CC=CC3=C2OCC3)cc1. The summed E-state index contributed by atoms with van der Waals surface area (Å²) in [7, 11) is -3.88. The Hall–Kier alpha value is -2.57. The van der Waals surface area contributed by atoms with E-state index in [0.717, 1.165) is 29.0 Å². The van der Waals surface area contributed by atoms with Crippen LogP contribution in [0.5, 0.6) is 0 Å². The Kier molecular flexibility index (Phi) is 5.00. The van der Waals surface area contributed by atoms with E-state index in [9.17, 15) is 8.42 Å². The smallest absolute Gasteiger partial charge is 0.297 e. The summed E-state index contributed by atoms with van der Waals surface area (Å²) in [6, 6.07) is 16.4. The van der Waals surface area contributed by atoms with Crippen LogP contribution in [0.25, 0.3) is 0 Å². The summed E-state index contributed by atoms with van der Waals surface area (Å²) in [5.74, 6) is 0.776. The minimum Gasteiger partial charge on any atom is -0.495 e. The van der Waals surface area contributed by atoms with E-state index in [1.54, 1.807) is 24.3 Å². The minimum atomic E-state index is -3.88. The molecule has 4 rings (SSSR count). The van der Waals surface area contributed by atoms with E-state index in [1.165, 1.54) is 0 Å². The number of hydrogen-bond donors (Lipinski definition) is 1. The van der Waals surface area contributed by atoms with Crippen molar-refractivity contribution in [3.05, 3.63) is 83.6 Å². The monoisotopic (exact) mass is 397 g/mol. The first-order chi connectivity index (χ1) is 13.5. The van der Waals surface area contributed by atoms with Gasteiger partial charge in [0.2, 0.25) is 0 Å². The van der Waals surface area contributed by atoms with Crippen LogP contribution in [-0.2, 0) is 19.0 Å². The molecule has 1 atom stereocenters. The zero-order valence-electron chi connectivity index (χ0n) is 15.7. The lowest BCUT2D eigenvalue weighted by Gasteiger charge is -2.37. The highest BCUT2D eigenvalue weighted by Gasteiger charge is 2.42. The van der Waals surface area contributed by atoms with Crippen LogP contribution in [0.1, 0.15) is 18.4 Å². The van der Waals surface area contributed by atoms with Crippen molar-refractivity contribution < 1.29 is 17.3 Å². The molecule has 0 spiro atoms. The van der Waals surface area contributed by atoms with Crippen molar-refractivity contribution in [2.75, 3.05) is 18.5 Å². The van der Waals surface area contributed by atoms with Crippen molar-refractivity contribution in [3.8, 4) is 0 Å². The van der Waals surface area contributed by atoms with Gasteiger partial charge in [0.15, 0.2) is 0 Å². The molecule has 1 heterocycles. The lowest BCUT2D eigenvalue weighted by atomic mass is 9.86. The maximum Gasteiger partial charge on any atom is 0.297 e. The van der Waals surface area contributed by atoms with Gasteiger partial charge in [0, 0.05) is 12.1 Å². The Balaban J connectivity index is 1.63. The average molecular weight is 397 g/mol. The normalized spacial score (nSPS) is 21.3. The van der Waals surface area contributed by atoms with Crippen molar-refractivity contribution in [1.29, 1.82) is 0 Å². The Morgan fingerprint density at radius 1 is 1.11 bits per heavy atom. The first-order valence-corrected chi connectivity index (χ1v) is 10.7. The molecule has 5 nitrogen and oxygen atoms in total. The number of anilines is 1. The zero-order valence-corrected chi connectivity index (χ0v) is 16.5. The van der Waals surface area contributed by atoms with Crippen molar-refractivity contribution in [1.82, 2.24) is 0 Å². The molecule has 0 bridgehead atoms. The molecule has 2 aromatic rings. The molecule has 2 aliphatic rings. The Bertz CT molecular complexity index is 1010. The highest BCUT2D eigenvalue weighted by Crippen LogP contribution is 2.39. The molecule has 0 saturated heterocycles. The molecule has 0 radical (unpaired) electrons. The molecule has 146 valence electrons. The minimum absolute atomic E-state index is 0.0543. The molecular formula is C22H23NO4S. The van der Waals surface area contributed by atoms with E-state index >= 15 is 0 Å². The van der Waals surface area contributed by atoms with Gasteiger partial charge in [-0.05, 0) is 43.2 Å². The largest absolute Gasteiger partial charge is 0.495 e. The van der Waals surface area contributed by atoms with Crippen LogP contribution >= 0.6 is 0 Å². The van der Waals surface area contributed by atoms with Crippen LogP contribution in [0.15, 0.2) is 83.0 Å². The molecule has 0 amide bonds. The molecule has 0 aromatic heterocycles. The van der Waals surface area contributed by atoms with Gasteiger partial charge < -0.3 is 10.1 Å². The highest BCUT2D eigenvalue weighted by atomic mass is 32.2. The number of aryl methyl sites for hydroxylation is 1. The van der Waals surface area contributed by atoms with Crippen LogP contribution in [-0.4, -0.2) is 27.2 Å². The molecule has 0 saturated carbocycles. The second kappa shape index (κ2) is 7.45. The lowest BCUT2D eigenvalue weighted by Crippen LogP contribution is -2.46.